The van der Waals surface area contributed by atoms with Crippen LogP contribution in [0.2, 0.25) is 0 Å². The van der Waals surface area contributed by atoms with Gasteiger partial charge in [0.15, 0.2) is 5.78 Å². The Hall–Kier alpha value is -3.59. The number of methoxy groups -OCH3 is 1. The van der Waals surface area contributed by atoms with E-state index in [0.717, 1.165) is 33.4 Å². The second-order valence-electron chi connectivity index (χ2n) is 13.1. The first-order chi connectivity index (χ1) is 21.2. The summed E-state index contributed by atoms with van der Waals surface area (Å²) in [6, 6.07) is 14.4. The van der Waals surface area contributed by atoms with Crippen LogP contribution in [0.25, 0.3) is 12.2 Å². The van der Waals surface area contributed by atoms with Gasteiger partial charge in [-0.1, -0.05) is 61.0 Å². The van der Waals surface area contributed by atoms with Crippen molar-refractivity contribution in [1.82, 2.24) is 0 Å². The predicted molar refractivity (Wildman–Crippen MR) is 159 cm³/mol. The van der Waals surface area contributed by atoms with Gasteiger partial charge in [0, 0.05) is 17.8 Å². The summed E-state index contributed by atoms with van der Waals surface area (Å²) in [4.78, 5) is 24.2. The van der Waals surface area contributed by atoms with Crippen molar-refractivity contribution in [1.29, 1.82) is 0 Å². The van der Waals surface area contributed by atoms with Crippen molar-refractivity contribution in [2.45, 2.75) is 75.5 Å². The van der Waals surface area contributed by atoms with Crippen LogP contribution in [0.3, 0.4) is 0 Å². The molecule has 2 aromatic carbocycles. The van der Waals surface area contributed by atoms with Crippen molar-refractivity contribution in [3.63, 3.8) is 0 Å². The highest BCUT2D eigenvalue weighted by atomic mass is 19.4. The van der Waals surface area contributed by atoms with E-state index in [2.05, 4.69) is 0 Å². The minimum atomic E-state index is -5.88. The van der Waals surface area contributed by atoms with Gasteiger partial charge in [-0.3, -0.25) is 4.79 Å². The lowest BCUT2D eigenvalue weighted by Gasteiger charge is -2.56. The number of rotatable bonds is 5. The van der Waals surface area contributed by atoms with Gasteiger partial charge in [-0.15, -0.1) is 0 Å². The van der Waals surface area contributed by atoms with Crippen LogP contribution in [0.5, 0.6) is 0 Å². The molecule has 0 aromatic heterocycles. The lowest BCUT2D eigenvalue weighted by Crippen LogP contribution is -2.65. The fraction of sp³-hybridized carbons (Fsp3) is 0.444. The van der Waals surface area contributed by atoms with E-state index in [9.17, 15) is 27.9 Å². The number of fused-ring (bicyclic) bond motifs is 4. The zero-order valence-corrected chi connectivity index (χ0v) is 25.1. The van der Waals surface area contributed by atoms with E-state index in [1.165, 1.54) is 14.0 Å². The van der Waals surface area contributed by atoms with Gasteiger partial charge < -0.3 is 9.84 Å². The Morgan fingerprint density at radius 2 is 1.69 bits per heavy atom. The minimum absolute atomic E-state index is 0.0401. The van der Waals surface area contributed by atoms with Crippen LogP contribution in [0.4, 0.5) is 22.0 Å². The molecule has 4 aliphatic rings. The van der Waals surface area contributed by atoms with E-state index in [-0.39, 0.29) is 24.5 Å². The normalized spacial score (nSPS) is 30.1. The number of hydrogen-bond donors (Lipinski definition) is 1. The first kappa shape index (κ1) is 31.4. The quantitative estimate of drug-likeness (QED) is 0.206. The number of allylic oxidation sites excluding steroid dienone is 4. The number of ether oxygens (including phenoxy) is 1. The maximum atomic E-state index is 15.2. The van der Waals surface area contributed by atoms with E-state index in [1.54, 1.807) is 24.3 Å². The third kappa shape index (κ3) is 4.98. The summed E-state index contributed by atoms with van der Waals surface area (Å²) in [5.74, 6) is -6.98. The molecule has 0 spiro atoms. The number of halogens is 5. The van der Waals surface area contributed by atoms with Gasteiger partial charge in [-0.25, -0.2) is 4.79 Å². The number of carbonyl (C=O) groups excluding carboxylic acids is 2. The van der Waals surface area contributed by atoms with E-state index in [4.69, 9.17) is 4.74 Å². The van der Waals surface area contributed by atoms with Crippen LogP contribution < -0.4 is 0 Å². The summed E-state index contributed by atoms with van der Waals surface area (Å²) in [5, 5.41) is 11.4. The van der Waals surface area contributed by atoms with Crippen LogP contribution >= 0.6 is 0 Å². The van der Waals surface area contributed by atoms with Crippen molar-refractivity contribution in [3.05, 3.63) is 93.6 Å². The van der Waals surface area contributed by atoms with Gasteiger partial charge in [0.1, 0.15) is 5.60 Å². The number of hydrogen-bond acceptors (Lipinski definition) is 4. The monoisotopic (exact) mass is 626 g/mol. The maximum absolute atomic E-state index is 15.2. The Labute approximate surface area is 258 Å². The Morgan fingerprint density at radius 1 is 0.978 bits per heavy atom. The van der Waals surface area contributed by atoms with Crippen molar-refractivity contribution >= 4 is 23.9 Å². The number of esters is 1. The molecule has 1 N–H and O–H groups in total. The van der Waals surface area contributed by atoms with Crippen LogP contribution in [0, 0.1) is 17.3 Å². The second kappa shape index (κ2) is 11.0. The summed E-state index contributed by atoms with van der Waals surface area (Å²) in [6.07, 6.45) is 0.804. The number of aliphatic hydroxyl groups is 1. The average Bonchev–Trinajstić information content (AvgIpc) is 3.30. The molecule has 0 saturated heterocycles. The Morgan fingerprint density at radius 3 is 2.38 bits per heavy atom. The Kier molecular flexibility index (Phi) is 7.70. The Bertz CT molecular complexity index is 1620. The summed E-state index contributed by atoms with van der Waals surface area (Å²) in [5.41, 5.74) is 0.861. The molecule has 2 saturated carbocycles. The Balaban J connectivity index is 1.39. The molecule has 0 bridgehead atoms. The smallest absolute Gasteiger partial charge is 0.456 e. The lowest BCUT2D eigenvalue weighted by molar-refractivity contribution is -0.362. The molecule has 3 unspecified atom stereocenters. The summed E-state index contributed by atoms with van der Waals surface area (Å²) in [7, 11) is 1.31. The number of alkyl halides is 5. The van der Waals surface area contributed by atoms with Gasteiger partial charge in [0.25, 0.3) is 0 Å². The molecule has 238 valence electrons. The zero-order valence-electron chi connectivity index (χ0n) is 25.1. The van der Waals surface area contributed by atoms with Crippen LogP contribution in [-0.4, -0.2) is 41.7 Å². The van der Waals surface area contributed by atoms with E-state index >= 15 is 8.78 Å². The van der Waals surface area contributed by atoms with Crippen LogP contribution in [0.15, 0.2) is 71.3 Å². The molecule has 45 heavy (non-hydrogen) atoms. The lowest BCUT2D eigenvalue weighted by atomic mass is 9.50. The molecule has 2 aromatic rings. The van der Waals surface area contributed by atoms with Crippen molar-refractivity contribution in [2.24, 2.45) is 17.3 Å². The highest BCUT2D eigenvalue weighted by Crippen LogP contribution is 2.70. The molecule has 0 heterocycles. The van der Waals surface area contributed by atoms with Gasteiger partial charge in [-0.2, -0.15) is 22.0 Å². The summed E-state index contributed by atoms with van der Waals surface area (Å²) >= 11 is 0. The SMILES string of the molecule is COC(=O)c1cccc(/C=C/c2ccc([C@H]3CC4(C)C(CC[C@@]4(O)C(F)(F)C(F)(F)F)C4CCC5=CC(=O)CCC5=C43)cc2)c1. The number of benzene rings is 2. The van der Waals surface area contributed by atoms with Gasteiger partial charge in [0.05, 0.1) is 12.7 Å². The van der Waals surface area contributed by atoms with Gasteiger partial charge in [0.2, 0.25) is 0 Å². The highest BCUT2D eigenvalue weighted by Gasteiger charge is 2.79. The number of carbonyl (C=O) groups is 2. The number of ketones is 1. The van der Waals surface area contributed by atoms with Crippen molar-refractivity contribution < 1.29 is 41.4 Å². The van der Waals surface area contributed by atoms with Crippen LogP contribution in [-0.2, 0) is 9.53 Å². The molecule has 0 aliphatic heterocycles. The summed E-state index contributed by atoms with van der Waals surface area (Å²) in [6.45, 7) is 1.42. The first-order valence-corrected chi connectivity index (χ1v) is 15.3. The molecular weight excluding hydrogens is 591 g/mol. The molecule has 4 nitrogen and oxygen atoms in total. The predicted octanol–water partition coefficient (Wildman–Crippen LogP) is 8.47. The third-order valence-corrected chi connectivity index (χ3v) is 10.9. The second-order valence-corrected chi connectivity index (χ2v) is 13.1. The molecule has 0 radical (unpaired) electrons. The summed E-state index contributed by atoms with van der Waals surface area (Å²) < 4.78 is 76.6. The third-order valence-electron chi connectivity index (χ3n) is 10.9. The molecule has 9 heteroatoms. The zero-order chi connectivity index (χ0) is 32.4. The van der Waals surface area contributed by atoms with E-state index in [1.807, 2.05) is 42.5 Å². The van der Waals surface area contributed by atoms with Crippen molar-refractivity contribution in [2.75, 3.05) is 7.11 Å². The molecule has 5 atom stereocenters. The molecule has 2 fully saturated rings. The average molecular weight is 627 g/mol. The van der Waals surface area contributed by atoms with E-state index in [0.29, 0.717) is 31.2 Å². The largest absolute Gasteiger partial charge is 0.465 e. The highest BCUT2D eigenvalue weighted by molar-refractivity contribution is 5.93. The molecular formula is C36H35F5O4. The fourth-order valence-corrected chi connectivity index (χ4v) is 8.63. The maximum Gasteiger partial charge on any atom is 0.456 e. The standard InChI is InChI=1S/C36H35F5O4/c1-33-20-29(23-10-8-21(9-11-23)6-7-22-4-3-5-25(18-22)32(43)45-2)31-27-15-13-26(42)19-24(27)12-14-28(31)30(33)16-17-34(33,44)35(37,38)36(39,40)41/h3-11,18-19,28-30,44H,12-17,20H2,1-2H3/b7-6+/t28?,29-,30?,33?,34+/m1/s1. The van der Waals surface area contributed by atoms with Crippen LogP contribution in [0.1, 0.15) is 84.8 Å². The topological polar surface area (TPSA) is 63.6 Å². The molecule has 4 aliphatic carbocycles. The minimum Gasteiger partial charge on any atom is -0.465 e. The molecule has 6 rings (SSSR count). The van der Waals surface area contributed by atoms with Gasteiger partial charge >= 0.3 is 18.1 Å². The van der Waals surface area contributed by atoms with Gasteiger partial charge in [-0.05, 0) is 96.4 Å². The first-order valence-electron chi connectivity index (χ1n) is 15.3. The van der Waals surface area contributed by atoms with E-state index < -0.39 is 47.3 Å². The van der Waals surface area contributed by atoms with Crippen molar-refractivity contribution in [3.8, 4) is 0 Å². The fourth-order valence-electron chi connectivity index (χ4n) is 8.63. The molecule has 0 amide bonds.